The highest BCUT2D eigenvalue weighted by atomic mass is 35.5. The summed E-state index contributed by atoms with van der Waals surface area (Å²) in [7, 11) is 0. The number of carbonyl (C=O) groups excluding carboxylic acids is 1. The first kappa shape index (κ1) is 12.1. The first-order chi connectivity index (χ1) is 9.24. The van der Waals surface area contributed by atoms with Crippen molar-refractivity contribution < 1.29 is 4.79 Å². The van der Waals surface area contributed by atoms with E-state index in [4.69, 9.17) is 11.6 Å². The fourth-order valence-corrected chi connectivity index (χ4v) is 2.20. The lowest BCUT2D eigenvalue weighted by atomic mass is 10.1. The molecule has 3 rings (SSSR count). The molecule has 1 amide bonds. The SMILES string of the molecule is O=C(N[C@@H]1C[C@H]1c1ccccc1)c1ccc(Cl)nn1. The van der Waals surface area contributed by atoms with Crippen molar-refractivity contribution in [3.63, 3.8) is 0 Å². The van der Waals surface area contributed by atoms with E-state index in [-0.39, 0.29) is 17.1 Å². The molecule has 0 aliphatic heterocycles. The highest BCUT2D eigenvalue weighted by Crippen LogP contribution is 2.40. The average molecular weight is 274 g/mol. The summed E-state index contributed by atoms with van der Waals surface area (Å²) >= 11 is 5.63. The predicted molar refractivity (Wildman–Crippen MR) is 72.1 cm³/mol. The van der Waals surface area contributed by atoms with Crippen LogP contribution in [0.5, 0.6) is 0 Å². The molecule has 0 spiro atoms. The summed E-state index contributed by atoms with van der Waals surface area (Å²) in [6.07, 6.45) is 0.969. The molecule has 5 heteroatoms. The maximum absolute atomic E-state index is 11.9. The van der Waals surface area contributed by atoms with Crippen LogP contribution in [0.2, 0.25) is 5.15 Å². The van der Waals surface area contributed by atoms with Gasteiger partial charge in [0.15, 0.2) is 10.8 Å². The van der Waals surface area contributed by atoms with Crippen LogP contribution in [-0.4, -0.2) is 22.1 Å². The topological polar surface area (TPSA) is 54.9 Å². The summed E-state index contributed by atoms with van der Waals surface area (Å²) in [4.78, 5) is 11.9. The highest BCUT2D eigenvalue weighted by Gasteiger charge is 2.39. The standard InChI is InChI=1S/C14H12ClN3O/c15-13-7-6-11(17-18-13)14(19)16-12-8-10(12)9-4-2-1-3-5-9/h1-7,10,12H,8H2,(H,16,19)/t10-,12+/m0/s1. The van der Waals surface area contributed by atoms with Crippen molar-refractivity contribution in [2.75, 3.05) is 0 Å². The minimum absolute atomic E-state index is 0.187. The molecule has 1 aliphatic carbocycles. The van der Waals surface area contributed by atoms with E-state index in [2.05, 4.69) is 27.6 Å². The van der Waals surface area contributed by atoms with Gasteiger partial charge < -0.3 is 5.32 Å². The first-order valence-electron chi connectivity index (χ1n) is 6.09. The minimum atomic E-state index is -0.201. The zero-order valence-electron chi connectivity index (χ0n) is 10.1. The smallest absolute Gasteiger partial charge is 0.272 e. The van der Waals surface area contributed by atoms with Crippen LogP contribution in [0.15, 0.2) is 42.5 Å². The molecular weight excluding hydrogens is 262 g/mol. The van der Waals surface area contributed by atoms with Crippen LogP contribution in [0, 0.1) is 0 Å². The van der Waals surface area contributed by atoms with Gasteiger partial charge in [0, 0.05) is 12.0 Å². The average Bonchev–Trinajstić information content (AvgIpc) is 3.20. The fraction of sp³-hybridized carbons (Fsp3) is 0.214. The van der Waals surface area contributed by atoms with Gasteiger partial charge in [-0.05, 0) is 24.1 Å². The minimum Gasteiger partial charge on any atom is -0.347 e. The molecular formula is C14H12ClN3O. The molecule has 2 atom stereocenters. The molecule has 1 aromatic carbocycles. The first-order valence-corrected chi connectivity index (χ1v) is 6.47. The van der Waals surface area contributed by atoms with Crippen LogP contribution in [0.4, 0.5) is 0 Å². The van der Waals surface area contributed by atoms with Gasteiger partial charge in [0.25, 0.3) is 5.91 Å². The monoisotopic (exact) mass is 273 g/mol. The van der Waals surface area contributed by atoms with E-state index in [1.807, 2.05) is 18.2 Å². The molecule has 1 aliphatic rings. The second-order valence-corrected chi connectivity index (χ2v) is 4.96. The molecule has 1 fully saturated rings. The van der Waals surface area contributed by atoms with E-state index in [1.165, 1.54) is 5.56 Å². The second-order valence-electron chi connectivity index (χ2n) is 4.57. The number of carbonyl (C=O) groups is 1. The van der Waals surface area contributed by atoms with Gasteiger partial charge in [0.1, 0.15) is 0 Å². The van der Waals surface area contributed by atoms with Gasteiger partial charge in [-0.25, -0.2) is 0 Å². The Kier molecular flexibility index (Phi) is 3.17. The summed E-state index contributed by atoms with van der Waals surface area (Å²) in [5, 5.41) is 10.7. The van der Waals surface area contributed by atoms with Gasteiger partial charge in [0.2, 0.25) is 0 Å². The Hall–Kier alpha value is -1.94. The molecule has 0 radical (unpaired) electrons. The number of hydrogen-bond acceptors (Lipinski definition) is 3. The number of rotatable bonds is 3. The zero-order chi connectivity index (χ0) is 13.2. The van der Waals surface area contributed by atoms with Crippen molar-refractivity contribution >= 4 is 17.5 Å². The molecule has 1 heterocycles. The van der Waals surface area contributed by atoms with E-state index >= 15 is 0 Å². The quantitative estimate of drug-likeness (QED) is 0.934. The van der Waals surface area contributed by atoms with Gasteiger partial charge in [-0.2, -0.15) is 0 Å². The molecule has 1 N–H and O–H groups in total. The van der Waals surface area contributed by atoms with E-state index in [0.717, 1.165) is 6.42 Å². The largest absolute Gasteiger partial charge is 0.347 e. The Labute approximate surface area is 115 Å². The third-order valence-corrected chi connectivity index (χ3v) is 3.40. The number of nitrogens with one attached hydrogen (secondary N) is 1. The van der Waals surface area contributed by atoms with Crippen molar-refractivity contribution in [3.8, 4) is 0 Å². The Morgan fingerprint density at radius 2 is 1.95 bits per heavy atom. The Balaban J connectivity index is 1.62. The number of amides is 1. The van der Waals surface area contributed by atoms with Gasteiger partial charge in [-0.3, -0.25) is 4.79 Å². The summed E-state index contributed by atoms with van der Waals surface area (Å²) in [6, 6.07) is 13.5. The van der Waals surface area contributed by atoms with Crippen LogP contribution in [0.25, 0.3) is 0 Å². The number of hydrogen-bond donors (Lipinski definition) is 1. The van der Waals surface area contributed by atoms with Gasteiger partial charge >= 0.3 is 0 Å². The number of nitrogens with zero attached hydrogens (tertiary/aromatic N) is 2. The van der Waals surface area contributed by atoms with Crippen molar-refractivity contribution in [2.45, 2.75) is 18.4 Å². The third-order valence-electron chi connectivity index (χ3n) is 3.20. The van der Waals surface area contributed by atoms with Crippen LogP contribution in [0.1, 0.15) is 28.4 Å². The lowest BCUT2D eigenvalue weighted by molar-refractivity contribution is 0.0944. The molecule has 96 valence electrons. The molecule has 0 saturated heterocycles. The van der Waals surface area contributed by atoms with Crippen molar-refractivity contribution in [1.29, 1.82) is 0 Å². The molecule has 0 unspecified atom stereocenters. The third kappa shape index (κ3) is 2.74. The highest BCUT2D eigenvalue weighted by molar-refractivity contribution is 6.29. The predicted octanol–water partition coefficient (Wildman–Crippen LogP) is 2.42. The molecule has 1 aromatic heterocycles. The summed E-state index contributed by atoms with van der Waals surface area (Å²) in [5.74, 6) is 0.206. The molecule has 19 heavy (non-hydrogen) atoms. The van der Waals surface area contributed by atoms with Crippen molar-refractivity contribution in [3.05, 3.63) is 58.9 Å². The maximum Gasteiger partial charge on any atom is 0.272 e. The van der Waals surface area contributed by atoms with Crippen LogP contribution in [0.3, 0.4) is 0 Å². The Morgan fingerprint density at radius 1 is 1.16 bits per heavy atom. The number of aromatic nitrogens is 2. The Bertz CT molecular complexity index is 585. The Morgan fingerprint density at radius 3 is 2.63 bits per heavy atom. The van der Waals surface area contributed by atoms with Crippen LogP contribution >= 0.6 is 11.6 Å². The van der Waals surface area contributed by atoms with Gasteiger partial charge in [-0.15, -0.1) is 10.2 Å². The summed E-state index contributed by atoms with van der Waals surface area (Å²) in [6.45, 7) is 0. The van der Waals surface area contributed by atoms with Crippen molar-refractivity contribution in [2.24, 2.45) is 0 Å². The molecule has 2 aromatic rings. The van der Waals surface area contributed by atoms with E-state index in [1.54, 1.807) is 12.1 Å². The molecule has 1 saturated carbocycles. The molecule has 0 bridgehead atoms. The normalized spacial score (nSPS) is 20.9. The number of benzene rings is 1. The lowest BCUT2D eigenvalue weighted by Gasteiger charge is -2.03. The van der Waals surface area contributed by atoms with Crippen LogP contribution < -0.4 is 5.32 Å². The van der Waals surface area contributed by atoms with E-state index in [0.29, 0.717) is 11.6 Å². The van der Waals surface area contributed by atoms with Gasteiger partial charge in [-0.1, -0.05) is 41.9 Å². The van der Waals surface area contributed by atoms with Gasteiger partial charge in [0.05, 0.1) is 0 Å². The van der Waals surface area contributed by atoms with E-state index < -0.39 is 0 Å². The number of halogens is 1. The maximum atomic E-state index is 11.9. The van der Waals surface area contributed by atoms with Crippen LogP contribution in [-0.2, 0) is 0 Å². The summed E-state index contributed by atoms with van der Waals surface area (Å²) < 4.78 is 0. The van der Waals surface area contributed by atoms with Crippen molar-refractivity contribution in [1.82, 2.24) is 15.5 Å². The van der Waals surface area contributed by atoms with E-state index in [9.17, 15) is 4.79 Å². The lowest BCUT2D eigenvalue weighted by Crippen LogP contribution is -2.27. The summed E-state index contributed by atoms with van der Waals surface area (Å²) in [5.41, 5.74) is 1.55. The second kappa shape index (κ2) is 4.97. The zero-order valence-corrected chi connectivity index (χ0v) is 10.8. The molecule has 4 nitrogen and oxygen atoms in total. The fourth-order valence-electron chi connectivity index (χ4n) is 2.10.